The van der Waals surface area contributed by atoms with E-state index in [0.29, 0.717) is 18.0 Å². The third-order valence-electron chi connectivity index (χ3n) is 4.45. The maximum absolute atomic E-state index is 12.5. The molecular weight excluding hydrogens is 361 g/mol. The molecule has 27 heavy (non-hydrogen) atoms. The Hall–Kier alpha value is -2.25. The van der Waals surface area contributed by atoms with Gasteiger partial charge in [0.15, 0.2) is 0 Å². The van der Waals surface area contributed by atoms with Crippen molar-refractivity contribution in [2.24, 2.45) is 0 Å². The smallest absolute Gasteiger partial charge is 0.444 e. The number of halogens is 3. The van der Waals surface area contributed by atoms with E-state index in [-0.39, 0.29) is 17.7 Å². The van der Waals surface area contributed by atoms with E-state index >= 15 is 0 Å². The Balaban J connectivity index is 1.95. The summed E-state index contributed by atoms with van der Waals surface area (Å²) >= 11 is 0. The molecule has 8 heteroatoms. The number of benzene rings is 1. The fraction of sp³-hybridized carbons (Fsp3) is 0.579. The second-order valence-corrected chi connectivity index (χ2v) is 7.70. The lowest BCUT2D eigenvalue weighted by molar-refractivity contribution is -0.170. The van der Waals surface area contributed by atoms with Crippen LogP contribution < -0.4 is 4.90 Å². The fourth-order valence-corrected chi connectivity index (χ4v) is 3.00. The van der Waals surface area contributed by atoms with Crippen LogP contribution in [-0.2, 0) is 9.53 Å². The Bertz CT molecular complexity index is 673. The minimum atomic E-state index is -4.90. The van der Waals surface area contributed by atoms with Gasteiger partial charge in [-0.2, -0.15) is 13.2 Å². The summed E-state index contributed by atoms with van der Waals surface area (Å²) in [6.45, 7) is 6.58. The third kappa shape index (κ3) is 5.61. The molecule has 0 radical (unpaired) electrons. The van der Waals surface area contributed by atoms with Gasteiger partial charge in [0, 0.05) is 25.8 Å². The molecule has 0 aliphatic carbocycles. The lowest BCUT2D eigenvalue weighted by atomic mass is 9.89. The summed E-state index contributed by atoms with van der Waals surface area (Å²) in [7, 11) is 1.10. The van der Waals surface area contributed by atoms with Gasteiger partial charge in [-0.1, -0.05) is 12.1 Å². The van der Waals surface area contributed by atoms with Crippen LogP contribution in [0.2, 0.25) is 0 Å². The summed E-state index contributed by atoms with van der Waals surface area (Å²) in [5.41, 5.74) is 0.631. The number of alkyl halides is 3. The molecule has 0 bridgehead atoms. The Morgan fingerprint density at radius 1 is 1.07 bits per heavy atom. The van der Waals surface area contributed by atoms with Crippen LogP contribution in [-0.4, -0.2) is 48.8 Å². The molecular formula is C19H25F3N2O3. The average molecular weight is 386 g/mol. The van der Waals surface area contributed by atoms with E-state index in [4.69, 9.17) is 4.74 Å². The number of ether oxygens (including phenoxy) is 1. The van der Waals surface area contributed by atoms with Crippen LogP contribution in [0.25, 0.3) is 0 Å². The third-order valence-corrected chi connectivity index (χ3v) is 4.45. The highest BCUT2D eigenvalue weighted by Gasteiger charge is 2.41. The number of likely N-dealkylation sites (tertiary alicyclic amines) is 1. The Morgan fingerprint density at radius 3 is 2.04 bits per heavy atom. The van der Waals surface area contributed by atoms with Crippen molar-refractivity contribution < 1.29 is 27.5 Å². The van der Waals surface area contributed by atoms with Crippen molar-refractivity contribution in [3.8, 4) is 0 Å². The molecule has 0 saturated carbocycles. The zero-order valence-corrected chi connectivity index (χ0v) is 16.0. The summed E-state index contributed by atoms with van der Waals surface area (Å²) in [4.78, 5) is 25.7. The van der Waals surface area contributed by atoms with Crippen molar-refractivity contribution in [2.75, 3.05) is 25.0 Å². The summed E-state index contributed by atoms with van der Waals surface area (Å²) in [6.07, 6.45) is -3.74. The first-order valence-electron chi connectivity index (χ1n) is 8.81. The highest BCUT2D eigenvalue weighted by atomic mass is 19.4. The zero-order chi connectivity index (χ0) is 20.4. The van der Waals surface area contributed by atoms with Crippen molar-refractivity contribution in [2.45, 2.75) is 51.3 Å². The predicted molar refractivity (Wildman–Crippen MR) is 95.7 cm³/mol. The molecule has 0 aromatic heterocycles. The first kappa shape index (κ1) is 21.1. The Kier molecular flexibility index (Phi) is 6.07. The van der Waals surface area contributed by atoms with Gasteiger partial charge in [0.1, 0.15) is 5.60 Å². The van der Waals surface area contributed by atoms with E-state index in [2.05, 4.69) is 0 Å². The molecule has 1 saturated heterocycles. The van der Waals surface area contributed by atoms with Gasteiger partial charge in [-0.05, 0) is 57.2 Å². The lowest BCUT2D eigenvalue weighted by Gasteiger charge is -2.33. The summed E-state index contributed by atoms with van der Waals surface area (Å²) in [5.74, 6) is -1.69. The number of hydrogen-bond donors (Lipinski definition) is 0. The van der Waals surface area contributed by atoms with Crippen molar-refractivity contribution in [3.05, 3.63) is 29.8 Å². The molecule has 1 fully saturated rings. The number of hydrogen-bond acceptors (Lipinski definition) is 3. The molecule has 0 spiro atoms. The molecule has 0 unspecified atom stereocenters. The minimum Gasteiger partial charge on any atom is -0.444 e. The van der Waals surface area contributed by atoms with Gasteiger partial charge >= 0.3 is 18.2 Å². The standard InChI is InChI=1S/C19H25F3N2O3/c1-18(2,3)27-17(26)24-11-9-14(10-12-24)13-5-7-15(8-6-13)23(4)16(25)19(20,21)22/h5-8,14H,9-12H2,1-4H3. The van der Waals surface area contributed by atoms with Crippen LogP contribution in [0.4, 0.5) is 23.7 Å². The van der Waals surface area contributed by atoms with E-state index < -0.39 is 17.7 Å². The van der Waals surface area contributed by atoms with E-state index in [1.807, 2.05) is 20.8 Å². The molecule has 2 amide bonds. The number of piperidine rings is 1. The average Bonchev–Trinajstić information content (AvgIpc) is 2.58. The molecule has 0 N–H and O–H groups in total. The molecule has 1 aliphatic heterocycles. The zero-order valence-electron chi connectivity index (χ0n) is 16.0. The van der Waals surface area contributed by atoms with Crippen molar-refractivity contribution >= 4 is 17.7 Å². The highest BCUT2D eigenvalue weighted by molar-refractivity contribution is 5.96. The number of nitrogens with zero attached hydrogens (tertiary/aromatic N) is 2. The van der Waals surface area contributed by atoms with Crippen LogP contribution in [0.3, 0.4) is 0 Å². The van der Waals surface area contributed by atoms with Crippen LogP contribution in [0.1, 0.15) is 45.1 Å². The SMILES string of the molecule is CN(C(=O)C(F)(F)F)c1ccc(C2CCN(C(=O)OC(C)(C)C)CC2)cc1. The normalized spacial score (nSPS) is 16.2. The first-order chi connectivity index (χ1) is 12.4. The van der Waals surface area contributed by atoms with E-state index in [1.165, 1.54) is 12.1 Å². The van der Waals surface area contributed by atoms with Crippen LogP contribution in [0, 0.1) is 0 Å². The van der Waals surface area contributed by atoms with Gasteiger partial charge in [-0.3, -0.25) is 4.79 Å². The maximum Gasteiger partial charge on any atom is 0.471 e. The van der Waals surface area contributed by atoms with Gasteiger partial charge < -0.3 is 14.5 Å². The quantitative estimate of drug-likeness (QED) is 0.760. The number of carbonyl (C=O) groups excluding carboxylic acids is 2. The predicted octanol–water partition coefficient (Wildman–Crippen LogP) is 4.33. The minimum absolute atomic E-state index is 0.187. The first-order valence-corrected chi connectivity index (χ1v) is 8.81. The van der Waals surface area contributed by atoms with Crippen molar-refractivity contribution in [1.29, 1.82) is 0 Å². The van der Waals surface area contributed by atoms with Gasteiger partial charge in [-0.25, -0.2) is 4.79 Å². The van der Waals surface area contributed by atoms with Gasteiger partial charge in [0.2, 0.25) is 0 Å². The highest BCUT2D eigenvalue weighted by Crippen LogP contribution is 2.30. The summed E-state index contributed by atoms with van der Waals surface area (Å²) < 4.78 is 42.9. The number of amides is 2. The fourth-order valence-electron chi connectivity index (χ4n) is 3.00. The van der Waals surface area contributed by atoms with Gasteiger partial charge in [0.25, 0.3) is 0 Å². The van der Waals surface area contributed by atoms with E-state index in [0.717, 1.165) is 25.5 Å². The monoisotopic (exact) mass is 386 g/mol. The number of anilines is 1. The lowest BCUT2D eigenvalue weighted by Crippen LogP contribution is -2.41. The topological polar surface area (TPSA) is 49.9 Å². The molecule has 5 nitrogen and oxygen atoms in total. The molecule has 1 aliphatic rings. The summed E-state index contributed by atoms with van der Waals surface area (Å²) in [5, 5.41) is 0. The van der Waals surface area contributed by atoms with Crippen molar-refractivity contribution in [3.63, 3.8) is 0 Å². The molecule has 1 heterocycles. The molecule has 1 aromatic rings. The Labute approximate surface area is 157 Å². The number of carbonyl (C=O) groups is 2. The molecule has 2 rings (SSSR count). The Morgan fingerprint density at radius 2 is 1.59 bits per heavy atom. The number of rotatable bonds is 2. The maximum atomic E-state index is 12.5. The second kappa shape index (κ2) is 7.78. The molecule has 0 atom stereocenters. The summed E-state index contributed by atoms with van der Waals surface area (Å²) in [6, 6.07) is 6.50. The molecule has 1 aromatic carbocycles. The van der Waals surface area contributed by atoms with Gasteiger partial charge in [0.05, 0.1) is 0 Å². The molecule has 150 valence electrons. The van der Waals surface area contributed by atoms with Gasteiger partial charge in [-0.15, -0.1) is 0 Å². The van der Waals surface area contributed by atoms with Crippen LogP contribution in [0.15, 0.2) is 24.3 Å². The van der Waals surface area contributed by atoms with Crippen molar-refractivity contribution in [1.82, 2.24) is 4.90 Å². The van der Waals surface area contributed by atoms with Crippen LogP contribution in [0.5, 0.6) is 0 Å². The largest absolute Gasteiger partial charge is 0.471 e. The van der Waals surface area contributed by atoms with E-state index in [1.54, 1.807) is 17.0 Å². The second-order valence-electron chi connectivity index (χ2n) is 7.70. The van der Waals surface area contributed by atoms with E-state index in [9.17, 15) is 22.8 Å². The van der Waals surface area contributed by atoms with Crippen LogP contribution >= 0.6 is 0 Å².